The smallest absolute Gasteiger partial charge is 0.272 e. The summed E-state index contributed by atoms with van der Waals surface area (Å²) < 4.78 is 5.60. The molecule has 4 heteroatoms. The van der Waals surface area contributed by atoms with Crippen LogP contribution in [0.3, 0.4) is 0 Å². The van der Waals surface area contributed by atoms with Crippen molar-refractivity contribution in [2.45, 2.75) is 13.0 Å². The van der Waals surface area contributed by atoms with Gasteiger partial charge in [0.2, 0.25) is 0 Å². The zero-order valence-electron chi connectivity index (χ0n) is 10.9. The molecule has 1 heterocycles. The lowest BCUT2D eigenvalue weighted by molar-refractivity contribution is -0.124. The predicted octanol–water partition coefficient (Wildman–Crippen LogP) is 3.00. The van der Waals surface area contributed by atoms with Gasteiger partial charge in [0, 0.05) is 0 Å². The van der Waals surface area contributed by atoms with Gasteiger partial charge in [0.25, 0.3) is 5.91 Å². The highest BCUT2D eigenvalue weighted by Gasteiger charge is 2.33. The molecule has 0 aromatic heterocycles. The average Bonchev–Trinajstić information content (AvgIpc) is 2.49. The molecule has 0 N–H and O–H groups in total. The quantitative estimate of drug-likeness (QED) is 0.795. The van der Waals surface area contributed by atoms with Crippen LogP contribution in [0.25, 0.3) is 0 Å². The molecule has 1 atom stereocenters. The molecule has 2 aromatic carbocycles. The fourth-order valence-electron chi connectivity index (χ4n) is 2.29. The number of amides is 1. The van der Waals surface area contributed by atoms with Gasteiger partial charge in [0.15, 0.2) is 6.10 Å². The fourth-order valence-corrected chi connectivity index (χ4v) is 2.29. The van der Waals surface area contributed by atoms with Gasteiger partial charge in [0.1, 0.15) is 11.8 Å². The summed E-state index contributed by atoms with van der Waals surface area (Å²) in [6.07, 6.45) is -0.573. The second-order valence-corrected chi connectivity index (χ2v) is 4.53. The Morgan fingerprint density at radius 2 is 1.75 bits per heavy atom. The monoisotopic (exact) mass is 264 g/mol. The van der Waals surface area contributed by atoms with Gasteiger partial charge in [-0.2, -0.15) is 5.26 Å². The maximum Gasteiger partial charge on any atom is 0.272 e. The van der Waals surface area contributed by atoms with E-state index in [0.717, 1.165) is 0 Å². The molecule has 3 rings (SSSR count). The van der Waals surface area contributed by atoms with Crippen molar-refractivity contribution in [1.29, 1.82) is 5.26 Å². The average molecular weight is 264 g/mol. The van der Waals surface area contributed by atoms with E-state index in [-0.39, 0.29) is 5.91 Å². The predicted molar refractivity (Wildman–Crippen MR) is 74.8 cm³/mol. The van der Waals surface area contributed by atoms with Gasteiger partial charge in [-0.1, -0.05) is 24.3 Å². The molecule has 1 unspecified atom stereocenters. The summed E-state index contributed by atoms with van der Waals surface area (Å²) in [6, 6.07) is 16.5. The van der Waals surface area contributed by atoms with Crippen LogP contribution in [0.15, 0.2) is 48.5 Å². The number of benzene rings is 2. The van der Waals surface area contributed by atoms with Crippen LogP contribution in [0.4, 0.5) is 11.4 Å². The van der Waals surface area contributed by atoms with Gasteiger partial charge in [0.05, 0.1) is 16.9 Å². The van der Waals surface area contributed by atoms with Crippen LogP contribution in [-0.4, -0.2) is 12.0 Å². The van der Waals surface area contributed by atoms with E-state index in [1.165, 1.54) is 0 Å². The summed E-state index contributed by atoms with van der Waals surface area (Å²) in [5.41, 5.74) is 1.71. The van der Waals surface area contributed by atoms with E-state index in [4.69, 9.17) is 4.74 Å². The molecule has 0 spiro atoms. The summed E-state index contributed by atoms with van der Waals surface area (Å²) in [7, 11) is 0. The molecule has 98 valence electrons. The Balaban J connectivity index is 2.22. The van der Waals surface area contributed by atoms with E-state index in [9.17, 15) is 10.1 Å². The minimum Gasteiger partial charge on any atom is -0.479 e. The lowest BCUT2D eigenvalue weighted by atomic mass is 10.1. The fraction of sp³-hybridized carbons (Fsp3) is 0.125. The number of hydrogen-bond donors (Lipinski definition) is 0. The Morgan fingerprint density at radius 1 is 1.10 bits per heavy atom. The molecule has 0 fully saturated rings. The molecule has 0 aliphatic carbocycles. The second kappa shape index (κ2) is 4.71. The molecule has 1 aliphatic rings. The molecule has 1 aliphatic heterocycles. The molecular formula is C16H12N2O2. The third-order valence-corrected chi connectivity index (χ3v) is 3.24. The summed E-state index contributed by atoms with van der Waals surface area (Å²) in [6.45, 7) is 1.71. The molecule has 1 amide bonds. The van der Waals surface area contributed by atoms with E-state index in [1.807, 2.05) is 30.3 Å². The van der Waals surface area contributed by atoms with E-state index < -0.39 is 6.10 Å². The summed E-state index contributed by atoms with van der Waals surface area (Å²) in [5.74, 6) is 0.471. The van der Waals surface area contributed by atoms with Crippen LogP contribution in [-0.2, 0) is 4.79 Å². The lowest BCUT2D eigenvalue weighted by Crippen LogP contribution is -2.41. The first kappa shape index (κ1) is 12.2. The number of hydrogen-bond acceptors (Lipinski definition) is 3. The molecule has 0 bridgehead atoms. The van der Waals surface area contributed by atoms with Gasteiger partial charge in [-0.15, -0.1) is 0 Å². The molecule has 2 aromatic rings. The number of carbonyl (C=O) groups is 1. The highest BCUT2D eigenvalue weighted by molar-refractivity contribution is 6.06. The number of anilines is 2. The topological polar surface area (TPSA) is 53.3 Å². The lowest BCUT2D eigenvalue weighted by Gasteiger charge is -2.33. The Morgan fingerprint density at radius 3 is 2.50 bits per heavy atom. The highest BCUT2D eigenvalue weighted by atomic mass is 16.5. The summed E-state index contributed by atoms with van der Waals surface area (Å²) >= 11 is 0. The van der Waals surface area contributed by atoms with Crippen molar-refractivity contribution in [3.05, 3.63) is 54.1 Å². The van der Waals surface area contributed by atoms with Gasteiger partial charge in [-0.3, -0.25) is 9.69 Å². The number of fused-ring (bicyclic) bond motifs is 1. The SMILES string of the molecule is CC1Oc2ccccc2N(c2ccccc2C#N)C1=O. The van der Waals surface area contributed by atoms with E-state index in [1.54, 1.807) is 30.0 Å². The minimum absolute atomic E-state index is 0.175. The van der Waals surface area contributed by atoms with Crippen molar-refractivity contribution in [2.24, 2.45) is 0 Å². The summed E-state index contributed by atoms with van der Waals surface area (Å²) in [4.78, 5) is 14.0. The van der Waals surface area contributed by atoms with Gasteiger partial charge < -0.3 is 4.74 Å². The number of ether oxygens (including phenoxy) is 1. The van der Waals surface area contributed by atoms with Crippen molar-refractivity contribution in [2.75, 3.05) is 4.90 Å². The van der Waals surface area contributed by atoms with E-state index in [0.29, 0.717) is 22.7 Å². The second-order valence-electron chi connectivity index (χ2n) is 4.53. The molecular weight excluding hydrogens is 252 g/mol. The first-order valence-electron chi connectivity index (χ1n) is 6.31. The van der Waals surface area contributed by atoms with Crippen LogP contribution in [0.5, 0.6) is 5.75 Å². The number of para-hydroxylation sites is 3. The van der Waals surface area contributed by atoms with Crippen LogP contribution in [0.2, 0.25) is 0 Å². The molecule has 0 saturated heterocycles. The standard InChI is InChI=1S/C16H12N2O2/c1-11-16(19)18(13-7-3-2-6-12(13)10-17)14-8-4-5-9-15(14)20-11/h2-9,11H,1H3. The van der Waals surface area contributed by atoms with Crippen molar-refractivity contribution >= 4 is 17.3 Å². The maximum atomic E-state index is 12.4. The molecule has 4 nitrogen and oxygen atoms in total. The highest BCUT2D eigenvalue weighted by Crippen LogP contribution is 2.39. The van der Waals surface area contributed by atoms with Crippen LogP contribution < -0.4 is 9.64 Å². The van der Waals surface area contributed by atoms with Gasteiger partial charge in [-0.05, 0) is 31.2 Å². The zero-order valence-corrected chi connectivity index (χ0v) is 10.9. The van der Waals surface area contributed by atoms with Crippen LogP contribution >= 0.6 is 0 Å². The molecule has 0 saturated carbocycles. The largest absolute Gasteiger partial charge is 0.479 e. The van der Waals surface area contributed by atoms with Crippen molar-refractivity contribution in [1.82, 2.24) is 0 Å². The zero-order chi connectivity index (χ0) is 14.1. The number of nitrogens with zero attached hydrogens (tertiary/aromatic N) is 2. The van der Waals surface area contributed by atoms with Gasteiger partial charge in [-0.25, -0.2) is 0 Å². The van der Waals surface area contributed by atoms with Crippen LogP contribution in [0, 0.1) is 11.3 Å². The first-order valence-corrected chi connectivity index (χ1v) is 6.31. The molecule has 0 radical (unpaired) electrons. The van der Waals surface area contributed by atoms with Crippen molar-refractivity contribution < 1.29 is 9.53 Å². The number of nitriles is 1. The Bertz CT molecular complexity index is 718. The Labute approximate surface area is 116 Å². The minimum atomic E-state index is -0.573. The third-order valence-electron chi connectivity index (χ3n) is 3.24. The van der Waals surface area contributed by atoms with Crippen molar-refractivity contribution in [3.8, 4) is 11.8 Å². The first-order chi connectivity index (χ1) is 9.72. The Hall–Kier alpha value is -2.80. The Kier molecular flexibility index (Phi) is 2.88. The molecule has 20 heavy (non-hydrogen) atoms. The normalized spacial score (nSPS) is 17.1. The number of carbonyl (C=O) groups excluding carboxylic acids is 1. The number of rotatable bonds is 1. The van der Waals surface area contributed by atoms with Crippen LogP contribution in [0.1, 0.15) is 12.5 Å². The van der Waals surface area contributed by atoms with E-state index in [2.05, 4.69) is 6.07 Å². The van der Waals surface area contributed by atoms with E-state index >= 15 is 0 Å². The summed E-state index contributed by atoms with van der Waals surface area (Å²) in [5, 5.41) is 9.23. The maximum absolute atomic E-state index is 12.4. The third kappa shape index (κ3) is 1.81. The van der Waals surface area contributed by atoms with Crippen molar-refractivity contribution in [3.63, 3.8) is 0 Å². The van der Waals surface area contributed by atoms with Gasteiger partial charge >= 0.3 is 0 Å².